The maximum absolute atomic E-state index is 11.5. The number of nitrogens with zero attached hydrogens (tertiary/aromatic N) is 3. The SMILES string of the molecule is Cn1ccnc1CC(=O)Nc1ccn[nH]1. The number of aromatic nitrogens is 4. The first-order valence-electron chi connectivity index (χ1n) is 4.51. The third-order valence-corrected chi connectivity index (χ3v) is 2.01. The van der Waals surface area contributed by atoms with Gasteiger partial charge in [-0.05, 0) is 0 Å². The molecule has 0 aliphatic heterocycles. The number of aryl methyl sites for hydroxylation is 1. The van der Waals surface area contributed by atoms with Crippen LogP contribution in [0.15, 0.2) is 24.7 Å². The number of amides is 1. The van der Waals surface area contributed by atoms with Crippen molar-refractivity contribution in [2.45, 2.75) is 6.42 Å². The summed E-state index contributed by atoms with van der Waals surface area (Å²) in [6, 6.07) is 1.69. The van der Waals surface area contributed by atoms with Gasteiger partial charge in [0.05, 0.1) is 12.6 Å². The fraction of sp³-hybridized carbons (Fsp3) is 0.222. The lowest BCUT2D eigenvalue weighted by atomic mass is 10.4. The predicted molar refractivity (Wildman–Crippen MR) is 54.1 cm³/mol. The Hall–Kier alpha value is -2.11. The van der Waals surface area contributed by atoms with Crippen LogP contribution in [0.4, 0.5) is 5.82 Å². The summed E-state index contributed by atoms with van der Waals surface area (Å²) in [6.07, 6.45) is 5.30. The highest BCUT2D eigenvalue weighted by Crippen LogP contribution is 2.01. The highest BCUT2D eigenvalue weighted by Gasteiger charge is 2.07. The minimum absolute atomic E-state index is 0.117. The molecule has 6 heteroatoms. The van der Waals surface area contributed by atoms with Crippen LogP contribution in [0, 0.1) is 0 Å². The molecule has 15 heavy (non-hydrogen) atoms. The van der Waals surface area contributed by atoms with Crippen molar-refractivity contribution in [2.75, 3.05) is 5.32 Å². The molecule has 2 heterocycles. The molecule has 0 atom stereocenters. The van der Waals surface area contributed by atoms with Gasteiger partial charge in [-0.2, -0.15) is 5.10 Å². The van der Waals surface area contributed by atoms with Crippen molar-refractivity contribution in [2.24, 2.45) is 7.05 Å². The van der Waals surface area contributed by atoms with Gasteiger partial charge in [-0.25, -0.2) is 4.98 Å². The summed E-state index contributed by atoms with van der Waals surface area (Å²) in [5.74, 6) is 1.20. The van der Waals surface area contributed by atoms with Crippen molar-refractivity contribution in [3.8, 4) is 0 Å². The highest BCUT2D eigenvalue weighted by atomic mass is 16.1. The molecule has 0 aliphatic carbocycles. The molecule has 0 saturated heterocycles. The van der Waals surface area contributed by atoms with Crippen molar-refractivity contribution in [1.29, 1.82) is 0 Å². The van der Waals surface area contributed by atoms with E-state index in [1.807, 2.05) is 11.6 Å². The first kappa shape index (κ1) is 9.45. The zero-order chi connectivity index (χ0) is 10.7. The van der Waals surface area contributed by atoms with E-state index in [0.29, 0.717) is 5.82 Å². The van der Waals surface area contributed by atoms with Gasteiger partial charge in [-0.1, -0.05) is 0 Å². The van der Waals surface area contributed by atoms with Gasteiger partial charge in [0, 0.05) is 25.5 Å². The van der Waals surface area contributed by atoms with Gasteiger partial charge < -0.3 is 9.88 Å². The minimum Gasteiger partial charge on any atom is -0.338 e. The van der Waals surface area contributed by atoms with Crippen LogP contribution in [0.2, 0.25) is 0 Å². The van der Waals surface area contributed by atoms with Crippen LogP contribution < -0.4 is 5.32 Å². The average Bonchev–Trinajstić information content (AvgIpc) is 2.79. The van der Waals surface area contributed by atoms with Gasteiger partial charge in [0.25, 0.3) is 0 Å². The number of hydrogen-bond donors (Lipinski definition) is 2. The molecule has 0 bridgehead atoms. The summed E-state index contributed by atoms with van der Waals surface area (Å²) >= 11 is 0. The fourth-order valence-electron chi connectivity index (χ4n) is 1.23. The van der Waals surface area contributed by atoms with Gasteiger partial charge in [0.15, 0.2) is 0 Å². The molecule has 6 nitrogen and oxygen atoms in total. The Kier molecular flexibility index (Phi) is 2.49. The molecule has 2 aromatic heterocycles. The molecular formula is C9H11N5O. The van der Waals surface area contributed by atoms with Crippen LogP contribution in [0.25, 0.3) is 0 Å². The number of imidazole rings is 1. The number of aromatic amines is 1. The maximum Gasteiger partial charge on any atom is 0.233 e. The molecule has 0 saturated carbocycles. The monoisotopic (exact) mass is 205 g/mol. The third-order valence-electron chi connectivity index (χ3n) is 2.01. The van der Waals surface area contributed by atoms with Gasteiger partial charge in [0.1, 0.15) is 11.6 Å². The van der Waals surface area contributed by atoms with E-state index >= 15 is 0 Å². The quantitative estimate of drug-likeness (QED) is 0.757. The van der Waals surface area contributed by atoms with E-state index in [-0.39, 0.29) is 12.3 Å². The molecule has 2 aromatic rings. The molecule has 0 spiro atoms. The second-order valence-electron chi connectivity index (χ2n) is 3.15. The molecule has 2 rings (SSSR count). The molecule has 1 amide bonds. The number of anilines is 1. The van der Waals surface area contributed by atoms with Gasteiger partial charge in [-0.15, -0.1) is 0 Å². The van der Waals surface area contributed by atoms with Crippen molar-refractivity contribution in [3.05, 3.63) is 30.5 Å². The number of hydrogen-bond acceptors (Lipinski definition) is 3. The van der Waals surface area contributed by atoms with Crippen molar-refractivity contribution >= 4 is 11.7 Å². The zero-order valence-corrected chi connectivity index (χ0v) is 8.27. The second kappa shape index (κ2) is 3.95. The number of rotatable bonds is 3. The van der Waals surface area contributed by atoms with Gasteiger partial charge >= 0.3 is 0 Å². The lowest BCUT2D eigenvalue weighted by Gasteiger charge is -2.02. The minimum atomic E-state index is -0.117. The van der Waals surface area contributed by atoms with Crippen molar-refractivity contribution < 1.29 is 4.79 Å². The lowest BCUT2D eigenvalue weighted by Crippen LogP contribution is -2.16. The highest BCUT2D eigenvalue weighted by molar-refractivity contribution is 5.90. The van der Waals surface area contributed by atoms with E-state index < -0.39 is 0 Å². The first-order chi connectivity index (χ1) is 7.25. The first-order valence-corrected chi connectivity index (χ1v) is 4.51. The number of carbonyl (C=O) groups is 1. The van der Waals surface area contributed by atoms with Gasteiger partial charge in [-0.3, -0.25) is 9.89 Å². The molecular weight excluding hydrogens is 194 g/mol. The standard InChI is InChI=1S/C9H11N5O/c1-14-5-4-10-8(14)6-9(15)12-7-2-3-11-13-7/h2-5H,6H2,1H3,(H2,11,12,13,15). The average molecular weight is 205 g/mol. The summed E-state index contributed by atoms with van der Waals surface area (Å²) in [5, 5.41) is 9.06. The summed E-state index contributed by atoms with van der Waals surface area (Å²) in [5.41, 5.74) is 0. The number of carbonyl (C=O) groups excluding carboxylic acids is 1. The van der Waals surface area contributed by atoms with E-state index in [2.05, 4.69) is 20.5 Å². The Balaban J connectivity index is 1.96. The van der Waals surface area contributed by atoms with E-state index in [1.54, 1.807) is 24.7 Å². The third kappa shape index (κ3) is 2.22. The number of nitrogens with one attached hydrogen (secondary N) is 2. The topological polar surface area (TPSA) is 75.6 Å². The van der Waals surface area contributed by atoms with E-state index in [1.165, 1.54) is 0 Å². The van der Waals surface area contributed by atoms with Crippen LogP contribution in [-0.2, 0) is 18.3 Å². The van der Waals surface area contributed by atoms with Crippen LogP contribution in [-0.4, -0.2) is 25.7 Å². The van der Waals surface area contributed by atoms with E-state index in [0.717, 1.165) is 5.82 Å². The van der Waals surface area contributed by atoms with E-state index in [9.17, 15) is 4.79 Å². The molecule has 2 N–H and O–H groups in total. The predicted octanol–water partition coefficient (Wildman–Crippen LogP) is 0.324. The molecule has 0 aliphatic rings. The van der Waals surface area contributed by atoms with Crippen molar-refractivity contribution in [1.82, 2.24) is 19.7 Å². The summed E-state index contributed by atoms with van der Waals surface area (Å²) in [6.45, 7) is 0. The molecule has 0 unspecified atom stereocenters. The second-order valence-corrected chi connectivity index (χ2v) is 3.15. The summed E-state index contributed by atoms with van der Waals surface area (Å²) < 4.78 is 1.81. The zero-order valence-electron chi connectivity index (χ0n) is 8.27. The molecule has 0 radical (unpaired) electrons. The number of H-pyrrole nitrogens is 1. The fourth-order valence-corrected chi connectivity index (χ4v) is 1.23. The van der Waals surface area contributed by atoms with Crippen LogP contribution >= 0.6 is 0 Å². The Morgan fingerprint density at radius 2 is 2.47 bits per heavy atom. The van der Waals surface area contributed by atoms with Crippen LogP contribution in [0.5, 0.6) is 0 Å². The van der Waals surface area contributed by atoms with Crippen LogP contribution in [0.1, 0.15) is 5.82 Å². The Labute approximate surface area is 86.3 Å². The van der Waals surface area contributed by atoms with Gasteiger partial charge in [0.2, 0.25) is 5.91 Å². The Bertz CT molecular complexity index is 445. The summed E-state index contributed by atoms with van der Waals surface area (Å²) in [4.78, 5) is 15.6. The Morgan fingerprint density at radius 3 is 3.07 bits per heavy atom. The molecule has 78 valence electrons. The maximum atomic E-state index is 11.5. The normalized spacial score (nSPS) is 10.2. The lowest BCUT2D eigenvalue weighted by molar-refractivity contribution is -0.115. The van der Waals surface area contributed by atoms with Crippen LogP contribution in [0.3, 0.4) is 0 Å². The molecule has 0 fully saturated rings. The smallest absolute Gasteiger partial charge is 0.233 e. The largest absolute Gasteiger partial charge is 0.338 e. The van der Waals surface area contributed by atoms with E-state index in [4.69, 9.17) is 0 Å². The summed E-state index contributed by atoms with van der Waals surface area (Å²) in [7, 11) is 1.85. The molecule has 0 aromatic carbocycles. The van der Waals surface area contributed by atoms with Crippen molar-refractivity contribution in [3.63, 3.8) is 0 Å². The Morgan fingerprint density at radius 1 is 1.60 bits per heavy atom.